The minimum absolute atomic E-state index is 0.0231. The normalized spacial score (nSPS) is 14.3. The first-order valence-corrected chi connectivity index (χ1v) is 9.78. The summed E-state index contributed by atoms with van der Waals surface area (Å²) in [6.45, 7) is 3.33. The Morgan fingerprint density at radius 2 is 1.80 bits per heavy atom. The number of nitrogens with zero attached hydrogens (tertiary/aromatic N) is 8. The maximum atomic E-state index is 13.0. The third-order valence-corrected chi connectivity index (χ3v) is 5.22. The van der Waals surface area contributed by atoms with Gasteiger partial charge in [0.15, 0.2) is 5.65 Å². The fourth-order valence-corrected chi connectivity index (χ4v) is 3.65. The van der Waals surface area contributed by atoms with Crippen molar-refractivity contribution >= 4 is 22.9 Å². The monoisotopic (exact) mass is 400 g/mol. The third-order valence-electron chi connectivity index (χ3n) is 5.22. The van der Waals surface area contributed by atoms with E-state index in [1.54, 1.807) is 37.3 Å². The lowest BCUT2D eigenvalue weighted by Crippen LogP contribution is -2.49. The number of fused-ring (bicyclic) bond motifs is 1. The second-order valence-electron chi connectivity index (χ2n) is 7.14. The highest BCUT2D eigenvalue weighted by Crippen LogP contribution is 2.17. The summed E-state index contributed by atoms with van der Waals surface area (Å²) >= 11 is 0. The summed E-state index contributed by atoms with van der Waals surface area (Å²) < 4.78 is 1.96. The van der Waals surface area contributed by atoms with E-state index in [4.69, 9.17) is 0 Å². The van der Waals surface area contributed by atoms with Crippen molar-refractivity contribution in [2.75, 3.05) is 31.1 Å². The summed E-state index contributed by atoms with van der Waals surface area (Å²) in [6.07, 6.45) is 12.0. The maximum absolute atomic E-state index is 13.0. The second kappa shape index (κ2) is 7.86. The van der Waals surface area contributed by atoms with E-state index in [1.807, 2.05) is 33.9 Å². The molecule has 0 N–H and O–H groups in total. The van der Waals surface area contributed by atoms with Crippen molar-refractivity contribution < 1.29 is 4.79 Å². The Hall–Kier alpha value is -3.88. The average molecular weight is 400 g/mol. The molecule has 150 valence electrons. The van der Waals surface area contributed by atoms with E-state index in [1.165, 1.54) is 0 Å². The molecule has 9 heteroatoms. The van der Waals surface area contributed by atoms with Crippen molar-refractivity contribution in [1.29, 1.82) is 0 Å². The topological polar surface area (TPSA) is 92.9 Å². The van der Waals surface area contributed by atoms with Crippen molar-refractivity contribution in [3.05, 3.63) is 72.8 Å². The summed E-state index contributed by atoms with van der Waals surface area (Å²) in [5.74, 6) is 0.817. The highest BCUT2D eigenvalue weighted by Gasteiger charge is 2.23. The number of amides is 1. The number of carbonyl (C=O) groups excluding carboxylic acids is 1. The Balaban J connectivity index is 1.29. The molecule has 1 fully saturated rings. The van der Waals surface area contributed by atoms with E-state index < -0.39 is 0 Å². The zero-order valence-corrected chi connectivity index (χ0v) is 16.3. The van der Waals surface area contributed by atoms with Gasteiger partial charge in [-0.2, -0.15) is 0 Å². The largest absolute Gasteiger partial charge is 0.352 e. The van der Waals surface area contributed by atoms with Crippen LogP contribution in [0.15, 0.2) is 61.7 Å². The van der Waals surface area contributed by atoms with Crippen molar-refractivity contribution in [3.8, 4) is 0 Å². The number of anilines is 1. The summed E-state index contributed by atoms with van der Waals surface area (Å²) in [5, 5.41) is 0. The van der Waals surface area contributed by atoms with E-state index in [0.29, 0.717) is 30.7 Å². The van der Waals surface area contributed by atoms with Crippen LogP contribution in [0.2, 0.25) is 0 Å². The van der Waals surface area contributed by atoms with Crippen LogP contribution in [0, 0.1) is 0 Å². The van der Waals surface area contributed by atoms with Crippen LogP contribution in [0.5, 0.6) is 0 Å². The molecule has 0 radical (unpaired) electrons. The molecular formula is C21H20N8O. The molecule has 0 bridgehead atoms. The van der Waals surface area contributed by atoms with Crippen LogP contribution >= 0.6 is 0 Å². The number of carbonyl (C=O) groups is 1. The summed E-state index contributed by atoms with van der Waals surface area (Å²) in [5.41, 5.74) is 3.09. The Kier molecular flexibility index (Phi) is 4.76. The molecular weight excluding hydrogens is 380 g/mol. The van der Waals surface area contributed by atoms with Crippen molar-refractivity contribution in [3.63, 3.8) is 0 Å². The average Bonchev–Trinajstić information content (AvgIpc) is 3.22. The van der Waals surface area contributed by atoms with Crippen LogP contribution < -0.4 is 4.90 Å². The van der Waals surface area contributed by atoms with Crippen LogP contribution in [0.1, 0.15) is 15.9 Å². The van der Waals surface area contributed by atoms with Crippen LogP contribution in [-0.2, 0) is 6.54 Å². The lowest BCUT2D eigenvalue weighted by molar-refractivity contribution is 0.0746. The number of piperazine rings is 1. The van der Waals surface area contributed by atoms with Gasteiger partial charge in [-0.3, -0.25) is 14.8 Å². The van der Waals surface area contributed by atoms with Crippen molar-refractivity contribution in [2.24, 2.45) is 0 Å². The highest BCUT2D eigenvalue weighted by atomic mass is 16.2. The lowest BCUT2D eigenvalue weighted by atomic mass is 10.2. The molecule has 5 rings (SSSR count). The van der Waals surface area contributed by atoms with E-state index in [2.05, 4.69) is 29.8 Å². The van der Waals surface area contributed by atoms with E-state index in [9.17, 15) is 4.79 Å². The number of pyridine rings is 2. The molecule has 0 unspecified atom stereocenters. The lowest BCUT2D eigenvalue weighted by Gasteiger charge is -2.35. The molecule has 0 aromatic carbocycles. The minimum Gasteiger partial charge on any atom is -0.352 e. The zero-order valence-electron chi connectivity index (χ0n) is 16.3. The van der Waals surface area contributed by atoms with Gasteiger partial charge in [0.1, 0.15) is 11.3 Å². The van der Waals surface area contributed by atoms with E-state index in [0.717, 1.165) is 30.1 Å². The molecule has 4 aromatic rings. The van der Waals surface area contributed by atoms with Crippen LogP contribution in [-0.4, -0.2) is 66.5 Å². The number of rotatable bonds is 4. The number of hydrogen-bond donors (Lipinski definition) is 0. The fourth-order valence-electron chi connectivity index (χ4n) is 3.65. The third kappa shape index (κ3) is 3.57. The van der Waals surface area contributed by atoms with Crippen LogP contribution in [0.4, 0.5) is 5.82 Å². The standard InChI is InChI=1S/C21H20N8O/c30-21(28-8-6-27(7-9-28)19-13-23-4-5-24-19)17-10-18-20(25-12-17)29(15-26-18)14-16-2-1-3-22-11-16/h1-5,10-13,15H,6-9,14H2. The second-order valence-corrected chi connectivity index (χ2v) is 7.14. The quantitative estimate of drug-likeness (QED) is 0.514. The Morgan fingerprint density at radius 3 is 2.57 bits per heavy atom. The number of aromatic nitrogens is 6. The first-order valence-electron chi connectivity index (χ1n) is 9.78. The predicted molar refractivity (Wildman–Crippen MR) is 111 cm³/mol. The predicted octanol–water partition coefficient (Wildman–Crippen LogP) is 1.63. The first-order chi connectivity index (χ1) is 14.8. The Labute approximate surface area is 173 Å². The van der Waals surface area contributed by atoms with E-state index in [-0.39, 0.29) is 5.91 Å². The van der Waals surface area contributed by atoms with Gasteiger partial charge < -0.3 is 14.4 Å². The van der Waals surface area contributed by atoms with Crippen molar-refractivity contribution in [2.45, 2.75) is 6.54 Å². The van der Waals surface area contributed by atoms with Crippen LogP contribution in [0.3, 0.4) is 0 Å². The summed E-state index contributed by atoms with van der Waals surface area (Å²) in [6, 6.07) is 5.74. The van der Waals surface area contributed by atoms with Crippen LogP contribution in [0.25, 0.3) is 11.2 Å². The smallest absolute Gasteiger partial charge is 0.255 e. The molecule has 1 saturated heterocycles. The molecule has 1 aliphatic heterocycles. The van der Waals surface area contributed by atoms with Gasteiger partial charge >= 0.3 is 0 Å². The van der Waals surface area contributed by atoms with Gasteiger partial charge in [0.2, 0.25) is 0 Å². The highest BCUT2D eigenvalue weighted by molar-refractivity contribution is 5.96. The molecule has 9 nitrogen and oxygen atoms in total. The molecule has 30 heavy (non-hydrogen) atoms. The zero-order chi connectivity index (χ0) is 20.3. The molecule has 0 atom stereocenters. The van der Waals surface area contributed by atoms with Crippen molar-refractivity contribution in [1.82, 2.24) is 34.4 Å². The van der Waals surface area contributed by atoms with Gasteiger partial charge in [-0.05, 0) is 17.7 Å². The maximum Gasteiger partial charge on any atom is 0.255 e. The van der Waals surface area contributed by atoms with Gasteiger partial charge in [0.05, 0.1) is 24.6 Å². The molecule has 0 aliphatic carbocycles. The molecule has 0 saturated carbocycles. The van der Waals surface area contributed by atoms with E-state index >= 15 is 0 Å². The van der Waals surface area contributed by atoms with Gasteiger partial charge in [-0.15, -0.1) is 0 Å². The van der Waals surface area contributed by atoms with Gasteiger partial charge in [-0.1, -0.05) is 6.07 Å². The Morgan fingerprint density at radius 1 is 0.933 bits per heavy atom. The Bertz CT molecular complexity index is 1150. The van der Waals surface area contributed by atoms with Gasteiger partial charge in [-0.25, -0.2) is 15.0 Å². The molecule has 1 aliphatic rings. The summed E-state index contributed by atoms with van der Waals surface area (Å²) in [4.78, 5) is 38.5. The molecule has 1 amide bonds. The number of imidazole rings is 1. The molecule has 4 aromatic heterocycles. The SMILES string of the molecule is O=C(c1cnc2c(c1)ncn2Cc1cccnc1)N1CCN(c2cnccn2)CC1. The van der Waals surface area contributed by atoms with Gasteiger partial charge in [0.25, 0.3) is 5.91 Å². The molecule has 5 heterocycles. The van der Waals surface area contributed by atoms with Gasteiger partial charge in [0, 0.05) is 57.2 Å². The fraction of sp³-hybridized carbons (Fsp3) is 0.238. The first kappa shape index (κ1) is 18.2. The minimum atomic E-state index is -0.0231. The number of hydrogen-bond acceptors (Lipinski definition) is 7. The summed E-state index contributed by atoms with van der Waals surface area (Å²) in [7, 11) is 0. The molecule has 0 spiro atoms.